The van der Waals surface area contributed by atoms with Crippen molar-refractivity contribution in [2.75, 3.05) is 0 Å². The molecule has 0 bridgehead atoms. The van der Waals surface area contributed by atoms with Crippen molar-refractivity contribution < 1.29 is 9.90 Å². The molecule has 0 aliphatic heterocycles. The van der Waals surface area contributed by atoms with Crippen LogP contribution in [0.5, 0.6) is 0 Å². The number of hydrogen-bond donors (Lipinski definition) is 2. The van der Waals surface area contributed by atoms with Crippen molar-refractivity contribution in [3.05, 3.63) is 0 Å². The monoisotopic (exact) mass is 191 g/mol. The number of hydrogen-bond acceptors (Lipinski definition) is 2. The van der Waals surface area contributed by atoms with E-state index in [2.05, 4.69) is 0 Å². The fourth-order valence-corrected chi connectivity index (χ4v) is 2.70. The molecular formula is C8H14ClNO2. The summed E-state index contributed by atoms with van der Waals surface area (Å²) < 4.78 is 0. The van der Waals surface area contributed by atoms with Crippen molar-refractivity contribution in [3.63, 3.8) is 0 Å². The zero-order valence-corrected chi connectivity index (χ0v) is 7.59. The Labute approximate surface area is 77.7 Å². The van der Waals surface area contributed by atoms with E-state index >= 15 is 0 Å². The van der Waals surface area contributed by atoms with Gasteiger partial charge in [0, 0.05) is 6.04 Å². The highest BCUT2D eigenvalue weighted by molar-refractivity contribution is 5.85. The number of fused-ring (bicyclic) bond motifs is 1. The van der Waals surface area contributed by atoms with Gasteiger partial charge in [-0.05, 0) is 24.7 Å². The zero-order chi connectivity index (χ0) is 8.01. The minimum Gasteiger partial charge on any atom is -0.481 e. The van der Waals surface area contributed by atoms with Crippen molar-refractivity contribution in [2.45, 2.75) is 25.3 Å². The standard InChI is InChI=1S/C8H13NO2.ClH/c9-7-5-3-1-2-4(5)6(7)8(10)11;/h4-7H,1-3,9H2,(H,10,11);1H/t4-,5+,6-,7-;/m0./s1. The van der Waals surface area contributed by atoms with Gasteiger partial charge in [-0.3, -0.25) is 4.79 Å². The number of carboxylic acid groups (broad SMARTS) is 1. The SMILES string of the molecule is Cl.N[C@H]1[C@@H]2CCC[C@@H]2[C@@H]1C(=O)O. The van der Waals surface area contributed by atoms with Crippen LogP contribution >= 0.6 is 12.4 Å². The molecule has 0 aromatic heterocycles. The first-order valence-electron chi connectivity index (χ1n) is 4.20. The third-order valence-corrected chi connectivity index (χ3v) is 3.28. The first-order valence-corrected chi connectivity index (χ1v) is 4.20. The minimum atomic E-state index is -0.694. The van der Waals surface area contributed by atoms with Gasteiger partial charge in [0.15, 0.2) is 0 Å². The molecule has 4 atom stereocenters. The van der Waals surface area contributed by atoms with Gasteiger partial charge < -0.3 is 10.8 Å². The van der Waals surface area contributed by atoms with Crippen LogP contribution in [0.25, 0.3) is 0 Å². The summed E-state index contributed by atoms with van der Waals surface area (Å²) in [6, 6.07) is -0.0556. The number of aliphatic carboxylic acids is 1. The minimum absolute atomic E-state index is 0. The van der Waals surface area contributed by atoms with Crippen molar-refractivity contribution in [1.82, 2.24) is 0 Å². The molecular weight excluding hydrogens is 178 g/mol. The highest BCUT2D eigenvalue weighted by Crippen LogP contribution is 2.50. The van der Waals surface area contributed by atoms with Gasteiger partial charge in [-0.25, -0.2) is 0 Å². The molecule has 0 amide bonds. The lowest BCUT2D eigenvalue weighted by Gasteiger charge is -2.44. The molecule has 0 aromatic carbocycles. The summed E-state index contributed by atoms with van der Waals surface area (Å²) in [7, 11) is 0. The Balaban J connectivity index is 0.000000720. The number of carbonyl (C=O) groups is 1. The molecule has 70 valence electrons. The van der Waals surface area contributed by atoms with E-state index in [4.69, 9.17) is 10.8 Å². The van der Waals surface area contributed by atoms with Gasteiger partial charge in [0.1, 0.15) is 0 Å². The van der Waals surface area contributed by atoms with Crippen LogP contribution in [-0.2, 0) is 4.79 Å². The van der Waals surface area contributed by atoms with Crippen molar-refractivity contribution >= 4 is 18.4 Å². The van der Waals surface area contributed by atoms with Crippen molar-refractivity contribution in [1.29, 1.82) is 0 Å². The molecule has 3 N–H and O–H groups in total. The second-order valence-electron chi connectivity index (χ2n) is 3.70. The number of halogens is 1. The van der Waals surface area contributed by atoms with Gasteiger partial charge >= 0.3 is 5.97 Å². The maximum absolute atomic E-state index is 10.7. The van der Waals surface area contributed by atoms with Crippen molar-refractivity contribution in [2.24, 2.45) is 23.5 Å². The molecule has 0 aromatic rings. The normalized spacial score (nSPS) is 44.1. The van der Waals surface area contributed by atoms with Crippen LogP contribution in [0.3, 0.4) is 0 Å². The second-order valence-corrected chi connectivity index (χ2v) is 3.70. The zero-order valence-electron chi connectivity index (χ0n) is 6.77. The molecule has 2 rings (SSSR count). The van der Waals surface area contributed by atoms with E-state index in [9.17, 15) is 4.79 Å². The molecule has 2 aliphatic rings. The maximum atomic E-state index is 10.7. The predicted octanol–water partition coefficient (Wildman–Crippen LogP) is 0.866. The quantitative estimate of drug-likeness (QED) is 0.647. The van der Waals surface area contributed by atoms with E-state index in [-0.39, 0.29) is 24.4 Å². The number of rotatable bonds is 1. The van der Waals surface area contributed by atoms with E-state index in [1.165, 1.54) is 6.42 Å². The molecule has 0 unspecified atom stereocenters. The van der Waals surface area contributed by atoms with E-state index < -0.39 is 5.97 Å². The fraction of sp³-hybridized carbons (Fsp3) is 0.875. The first-order chi connectivity index (χ1) is 5.22. The van der Waals surface area contributed by atoms with Gasteiger partial charge in [-0.15, -0.1) is 12.4 Å². The second kappa shape index (κ2) is 3.23. The van der Waals surface area contributed by atoms with E-state index in [0.717, 1.165) is 12.8 Å². The smallest absolute Gasteiger partial charge is 0.308 e. The number of carboxylic acids is 1. The Morgan fingerprint density at radius 3 is 2.50 bits per heavy atom. The van der Waals surface area contributed by atoms with Crippen LogP contribution in [0.4, 0.5) is 0 Å². The van der Waals surface area contributed by atoms with Crippen LogP contribution in [0.2, 0.25) is 0 Å². The summed E-state index contributed by atoms with van der Waals surface area (Å²) in [4.78, 5) is 10.7. The molecule has 2 saturated carbocycles. The fourth-order valence-electron chi connectivity index (χ4n) is 2.70. The average molecular weight is 192 g/mol. The molecule has 0 radical (unpaired) electrons. The average Bonchev–Trinajstić information content (AvgIpc) is 2.30. The number of nitrogens with two attached hydrogens (primary N) is 1. The summed E-state index contributed by atoms with van der Waals surface area (Å²) in [6.07, 6.45) is 3.40. The van der Waals surface area contributed by atoms with Crippen LogP contribution < -0.4 is 5.73 Å². The van der Waals surface area contributed by atoms with Gasteiger partial charge in [-0.1, -0.05) is 6.42 Å². The molecule has 0 heterocycles. The summed E-state index contributed by atoms with van der Waals surface area (Å²) in [5.74, 6) is 0.00162. The molecule has 2 aliphatic carbocycles. The summed E-state index contributed by atoms with van der Waals surface area (Å²) >= 11 is 0. The van der Waals surface area contributed by atoms with E-state index in [1.54, 1.807) is 0 Å². The van der Waals surface area contributed by atoms with Gasteiger partial charge in [0.05, 0.1) is 5.92 Å². The third-order valence-electron chi connectivity index (χ3n) is 3.28. The lowest BCUT2D eigenvalue weighted by molar-refractivity contribution is -0.151. The molecule has 4 heteroatoms. The topological polar surface area (TPSA) is 63.3 Å². The van der Waals surface area contributed by atoms with Crippen LogP contribution in [0.1, 0.15) is 19.3 Å². The Bertz CT molecular complexity index is 197. The summed E-state index contributed by atoms with van der Waals surface area (Å²) in [5.41, 5.74) is 5.73. The molecule has 2 fully saturated rings. The van der Waals surface area contributed by atoms with Crippen LogP contribution in [-0.4, -0.2) is 17.1 Å². The predicted molar refractivity (Wildman–Crippen MR) is 47.2 cm³/mol. The molecule has 0 spiro atoms. The third kappa shape index (κ3) is 1.12. The lowest BCUT2D eigenvalue weighted by atomic mass is 9.63. The van der Waals surface area contributed by atoms with Crippen LogP contribution in [0, 0.1) is 17.8 Å². The van der Waals surface area contributed by atoms with Crippen LogP contribution in [0.15, 0.2) is 0 Å². The Morgan fingerprint density at radius 1 is 1.33 bits per heavy atom. The molecule has 12 heavy (non-hydrogen) atoms. The Hall–Kier alpha value is -0.280. The van der Waals surface area contributed by atoms with Gasteiger partial charge in [0.2, 0.25) is 0 Å². The Morgan fingerprint density at radius 2 is 1.92 bits per heavy atom. The Kier molecular flexibility index (Phi) is 2.64. The summed E-state index contributed by atoms with van der Waals surface area (Å²) in [5, 5.41) is 8.77. The van der Waals surface area contributed by atoms with Gasteiger partial charge in [0.25, 0.3) is 0 Å². The van der Waals surface area contributed by atoms with Gasteiger partial charge in [-0.2, -0.15) is 0 Å². The highest BCUT2D eigenvalue weighted by atomic mass is 35.5. The largest absolute Gasteiger partial charge is 0.481 e. The van der Waals surface area contributed by atoms with Crippen molar-refractivity contribution in [3.8, 4) is 0 Å². The lowest BCUT2D eigenvalue weighted by Crippen LogP contribution is -2.57. The first kappa shape index (κ1) is 9.81. The maximum Gasteiger partial charge on any atom is 0.308 e. The highest BCUT2D eigenvalue weighted by Gasteiger charge is 2.53. The van der Waals surface area contributed by atoms with E-state index in [1.807, 2.05) is 0 Å². The summed E-state index contributed by atoms with van der Waals surface area (Å²) in [6.45, 7) is 0. The molecule has 3 nitrogen and oxygen atoms in total. The van der Waals surface area contributed by atoms with E-state index in [0.29, 0.717) is 11.8 Å². The molecule has 0 saturated heterocycles.